The summed E-state index contributed by atoms with van der Waals surface area (Å²) in [4.78, 5) is 3.90. The van der Waals surface area contributed by atoms with Crippen LogP contribution >= 0.6 is 0 Å². The van der Waals surface area contributed by atoms with Crippen molar-refractivity contribution < 1.29 is 9.50 Å². The van der Waals surface area contributed by atoms with Crippen molar-refractivity contribution in [2.75, 3.05) is 5.73 Å². The molecule has 0 amide bonds. The fraction of sp³-hybridized carbons (Fsp3) is 0.267. The van der Waals surface area contributed by atoms with Crippen molar-refractivity contribution in [3.63, 3.8) is 0 Å². The van der Waals surface area contributed by atoms with Gasteiger partial charge in [0.25, 0.3) is 0 Å². The van der Waals surface area contributed by atoms with Gasteiger partial charge in [-0.05, 0) is 36.2 Å². The average molecular weight is 260 g/mol. The first-order valence-electron chi connectivity index (χ1n) is 6.12. The Labute approximate surface area is 111 Å². The number of benzene rings is 1. The van der Waals surface area contributed by atoms with Gasteiger partial charge in [-0.2, -0.15) is 0 Å². The molecule has 2 rings (SSSR count). The molecule has 4 heteroatoms. The van der Waals surface area contributed by atoms with Crippen LogP contribution in [0.2, 0.25) is 0 Å². The van der Waals surface area contributed by atoms with E-state index in [0.29, 0.717) is 17.8 Å². The van der Waals surface area contributed by atoms with E-state index < -0.39 is 5.60 Å². The van der Waals surface area contributed by atoms with Crippen LogP contribution < -0.4 is 5.73 Å². The third kappa shape index (κ3) is 3.76. The molecule has 1 aromatic carbocycles. The number of nitrogen functional groups attached to an aromatic ring is 1. The Hall–Kier alpha value is -1.94. The van der Waals surface area contributed by atoms with E-state index in [0.717, 1.165) is 5.56 Å². The summed E-state index contributed by atoms with van der Waals surface area (Å²) in [6, 6.07) is 10.00. The lowest BCUT2D eigenvalue weighted by Crippen LogP contribution is -2.30. The third-order valence-electron chi connectivity index (χ3n) is 2.96. The number of pyridine rings is 1. The summed E-state index contributed by atoms with van der Waals surface area (Å²) in [7, 11) is 0. The largest absolute Gasteiger partial charge is 0.389 e. The third-order valence-corrected chi connectivity index (χ3v) is 2.96. The molecule has 1 aromatic heterocycles. The highest BCUT2D eigenvalue weighted by Crippen LogP contribution is 2.20. The normalized spacial score (nSPS) is 14.1. The molecule has 3 nitrogen and oxygen atoms in total. The van der Waals surface area contributed by atoms with Crippen molar-refractivity contribution in [1.82, 2.24) is 4.98 Å². The van der Waals surface area contributed by atoms with Gasteiger partial charge in [0.1, 0.15) is 11.6 Å². The first-order valence-corrected chi connectivity index (χ1v) is 6.12. The molecule has 1 heterocycles. The van der Waals surface area contributed by atoms with Gasteiger partial charge < -0.3 is 10.8 Å². The van der Waals surface area contributed by atoms with Crippen LogP contribution in [-0.4, -0.2) is 15.7 Å². The predicted molar refractivity (Wildman–Crippen MR) is 73.1 cm³/mol. The van der Waals surface area contributed by atoms with Crippen LogP contribution in [0.5, 0.6) is 0 Å². The number of hydrogen-bond acceptors (Lipinski definition) is 3. The first-order chi connectivity index (χ1) is 8.96. The Morgan fingerprint density at radius 3 is 2.68 bits per heavy atom. The lowest BCUT2D eigenvalue weighted by Gasteiger charge is -2.23. The highest BCUT2D eigenvalue weighted by atomic mass is 19.1. The van der Waals surface area contributed by atoms with E-state index in [1.165, 1.54) is 6.07 Å². The molecule has 1 atom stereocenters. The van der Waals surface area contributed by atoms with Crippen molar-refractivity contribution >= 4 is 5.82 Å². The monoisotopic (exact) mass is 260 g/mol. The molecule has 0 bridgehead atoms. The molecule has 0 aliphatic heterocycles. The molecule has 0 saturated heterocycles. The Morgan fingerprint density at radius 2 is 2.00 bits per heavy atom. The molecule has 0 radical (unpaired) electrons. The maximum atomic E-state index is 13.6. The number of aromatic nitrogens is 1. The summed E-state index contributed by atoms with van der Waals surface area (Å²) in [6.07, 6.45) is 2.25. The van der Waals surface area contributed by atoms with E-state index in [-0.39, 0.29) is 12.2 Å². The van der Waals surface area contributed by atoms with Crippen molar-refractivity contribution in [2.45, 2.75) is 25.4 Å². The minimum Gasteiger partial charge on any atom is -0.389 e. The SMILES string of the molecule is CC(O)(Cc1ccnc(N)c1)Cc1ccccc1F. The van der Waals surface area contributed by atoms with Gasteiger partial charge in [0, 0.05) is 19.0 Å². The second-order valence-electron chi connectivity index (χ2n) is 5.03. The number of nitrogens with zero attached hydrogens (tertiary/aromatic N) is 1. The van der Waals surface area contributed by atoms with E-state index in [2.05, 4.69) is 4.98 Å². The fourth-order valence-corrected chi connectivity index (χ4v) is 2.16. The van der Waals surface area contributed by atoms with Gasteiger partial charge >= 0.3 is 0 Å². The van der Waals surface area contributed by atoms with Gasteiger partial charge in [0.05, 0.1) is 5.60 Å². The molecule has 0 aliphatic rings. The van der Waals surface area contributed by atoms with E-state index >= 15 is 0 Å². The van der Waals surface area contributed by atoms with Crippen molar-refractivity contribution in [3.05, 3.63) is 59.5 Å². The van der Waals surface area contributed by atoms with Crippen LogP contribution in [0.3, 0.4) is 0 Å². The lowest BCUT2D eigenvalue weighted by atomic mass is 9.90. The van der Waals surface area contributed by atoms with Crippen LogP contribution in [0, 0.1) is 5.82 Å². The molecule has 0 fully saturated rings. The van der Waals surface area contributed by atoms with Gasteiger partial charge in [-0.3, -0.25) is 0 Å². The lowest BCUT2D eigenvalue weighted by molar-refractivity contribution is 0.0599. The Kier molecular flexibility index (Phi) is 3.81. The number of rotatable bonds is 4. The topological polar surface area (TPSA) is 59.1 Å². The van der Waals surface area contributed by atoms with Gasteiger partial charge in [-0.1, -0.05) is 18.2 Å². The maximum Gasteiger partial charge on any atom is 0.126 e. The quantitative estimate of drug-likeness (QED) is 0.887. The number of hydrogen-bond donors (Lipinski definition) is 2. The minimum absolute atomic E-state index is 0.252. The van der Waals surface area contributed by atoms with Gasteiger partial charge in [-0.15, -0.1) is 0 Å². The average Bonchev–Trinajstić information content (AvgIpc) is 2.31. The zero-order chi connectivity index (χ0) is 13.9. The van der Waals surface area contributed by atoms with Crippen LogP contribution in [0.25, 0.3) is 0 Å². The van der Waals surface area contributed by atoms with Crippen molar-refractivity contribution in [2.24, 2.45) is 0 Å². The Bertz CT molecular complexity index is 570. The second-order valence-corrected chi connectivity index (χ2v) is 5.03. The summed E-state index contributed by atoms with van der Waals surface area (Å²) in [5.74, 6) is 0.121. The predicted octanol–water partition coefficient (Wildman–Crippen LogP) is 2.34. The van der Waals surface area contributed by atoms with Gasteiger partial charge in [0.2, 0.25) is 0 Å². The highest BCUT2D eigenvalue weighted by molar-refractivity contribution is 5.32. The summed E-state index contributed by atoms with van der Waals surface area (Å²) >= 11 is 0. The Morgan fingerprint density at radius 1 is 1.26 bits per heavy atom. The molecule has 3 N–H and O–H groups in total. The fourth-order valence-electron chi connectivity index (χ4n) is 2.16. The maximum absolute atomic E-state index is 13.6. The molecule has 0 spiro atoms. The minimum atomic E-state index is -1.03. The van der Waals surface area contributed by atoms with Crippen LogP contribution in [-0.2, 0) is 12.8 Å². The molecule has 19 heavy (non-hydrogen) atoms. The molecule has 1 unspecified atom stereocenters. The molecular weight excluding hydrogens is 243 g/mol. The molecular formula is C15H17FN2O. The summed E-state index contributed by atoms with van der Waals surface area (Å²) < 4.78 is 13.6. The number of anilines is 1. The molecule has 2 aromatic rings. The van der Waals surface area contributed by atoms with Gasteiger partial charge in [-0.25, -0.2) is 9.37 Å². The molecule has 100 valence electrons. The molecule has 0 aliphatic carbocycles. The smallest absolute Gasteiger partial charge is 0.126 e. The van der Waals surface area contributed by atoms with E-state index in [1.807, 2.05) is 0 Å². The summed E-state index contributed by atoms with van der Waals surface area (Å²) in [6.45, 7) is 1.69. The van der Waals surface area contributed by atoms with E-state index in [1.54, 1.807) is 43.5 Å². The van der Waals surface area contributed by atoms with Crippen LogP contribution in [0.15, 0.2) is 42.6 Å². The summed E-state index contributed by atoms with van der Waals surface area (Å²) in [5.41, 5.74) is 5.96. The van der Waals surface area contributed by atoms with Crippen molar-refractivity contribution in [3.8, 4) is 0 Å². The number of halogens is 1. The zero-order valence-electron chi connectivity index (χ0n) is 10.8. The zero-order valence-corrected chi connectivity index (χ0v) is 10.8. The van der Waals surface area contributed by atoms with Crippen LogP contribution in [0.4, 0.5) is 10.2 Å². The summed E-state index contributed by atoms with van der Waals surface area (Å²) in [5, 5.41) is 10.4. The second kappa shape index (κ2) is 5.36. The van der Waals surface area contributed by atoms with Crippen LogP contribution in [0.1, 0.15) is 18.1 Å². The number of aliphatic hydroxyl groups is 1. The molecule has 0 saturated carbocycles. The first kappa shape index (κ1) is 13.5. The number of nitrogens with two attached hydrogens (primary N) is 1. The highest BCUT2D eigenvalue weighted by Gasteiger charge is 2.23. The van der Waals surface area contributed by atoms with E-state index in [4.69, 9.17) is 5.73 Å². The van der Waals surface area contributed by atoms with E-state index in [9.17, 15) is 9.50 Å². The van der Waals surface area contributed by atoms with Crippen molar-refractivity contribution in [1.29, 1.82) is 0 Å². The standard InChI is InChI=1S/C15H17FN2O/c1-15(19,9-11-6-7-18-14(17)8-11)10-12-4-2-3-5-13(12)16/h2-8,19H,9-10H2,1H3,(H2,17,18). The Balaban J connectivity index is 2.13. The van der Waals surface area contributed by atoms with Gasteiger partial charge in [0.15, 0.2) is 0 Å².